The molecular formula is C10H16N4. The topological polar surface area (TPSA) is 77.0 Å². The summed E-state index contributed by atoms with van der Waals surface area (Å²) >= 11 is 0. The molecule has 0 atom stereocenters. The zero-order valence-electron chi connectivity index (χ0n) is 8.16. The molecule has 1 aliphatic heterocycles. The summed E-state index contributed by atoms with van der Waals surface area (Å²) in [6.07, 6.45) is 4.00. The van der Waals surface area contributed by atoms with Gasteiger partial charge in [-0.3, -0.25) is 0 Å². The number of hydrogen-bond donors (Lipinski definition) is 3. The number of anilines is 2. The van der Waals surface area contributed by atoms with Crippen LogP contribution in [-0.4, -0.2) is 18.1 Å². The highest BCUT2D eigenvalue weighted by molar-refractivity contribution is 5.63. The molecule has 4 heteroatoms. The van der Waals surface area contributed by atoms with Gasteiger partial charge in [-0.1, -0.05) is 0 Å². The Morgan fingerprint density at radius 1 is 1.29 bits per heavy atom. The highest BCUT2D eigenvalue weighted by Crippen LogP contribution is 2.31. The van der Waals surface area contributed by atoms with Crippen LogP contribution in [0, 0.1) is 0 Å². The van der Waals surface area contributed by atoms with Gasteiger partial charge in [0.05, 0.1) is 5.69 Å². The van der Waals surface area contributed by atoms with E-state index in [9.17, 15) is 0 Å². The maximum atomic E-state index is 5.91. The van der Waals surface area contributed by atoms with Gasteiger partial charge < -0.3 is 16.8 Å². The van der Waals surface area contributed by atoms with Crippen LogP contribution in [0.3, 0.4) is 0 Å². The molecule has 1 fully saturated rings. The number of nitrogens with zero attached hydrogens (tertiary/aromatic N) is 1. The highest BCUT2D eigenvalue weighted by Gasteiger charge is 2.18. The fourth-order valence-electron chi connectivity index (χ4n) is 1.99. The van der Waals surface area contributed by atoms with Crippen LogP contribution < -0.4 is 16.8 Å². The first-order valence-electron chi connectivity index (χ1n) is 4.99. The summed E-state index contributed by atoms with van der Waals surface area (Å²) in [7, 11) is 0. The second kappa shape index (κ2) is 3.84. The first-order chi connectivity index (χ1) is 6.79. The van der Waals surface area contributed by atoms with Crippen molar-refractivity contribution in [2.24, 2.45) is 0 Å². The summed E-state index contributed by atoms with van der Waals surface area (Å²) in [5.41, 5.74) is 13.4. The molecule has 5 N–H and O–H groups in total. The number of nitrogens with two attached hydrogens (primary N) is 2. The molecule has 76 valence electrons. The fraction of sp³-hybridized carbons (Fsp3) is 0.500. The van der Waals surface area contributed by atoms with E-state index in [0.717, 1.165) is 25.9 Å². The van der Waals surface area contributed by atoms with Crippen LogP contribution in [0.5, 0.6) is 0 Å². The normalized spacial score (nSPS) is 18.3. The molecule has 0 radical (unpaired) electrons. The molecule has 4 nitrogen and oxygen atoms in total. The van der Waals surface area contributed by atoms with Crippen molar-refractivity contribution in [1.29, 1.82) is 0 Å². The van der Waals surface area contributed by atoms with E-state index in [2.05, 4.69) is 10.3 Å². The second-order valence-electron chi connectivity index (χ2n) is 3.72. The molecule has 14 heavy (non-hydrogen) atoms. The monoisotopic (exact) mass is 192 g/mol. The Balaban J connectivity index is 2.26. The summed E-state index contributed by atoms with van der Waals surface area (Å²) in [6, 6.07) is 1.99. The van der Waals surface area contributed by atoms with Crippen LogP contribution in [0.15, 0.2) is 12.3 Å². The number of aromatic nitrogens is 1. The van der Waals surface area contributed by atoms with Crippen LogP contribution in [0.4, 0.5) is 11.5 Å². The number of nitrogens with one attached hydrogen (secondary N) is 1. The second-order valence-corrected chi connectivity index (χ2v) is 3.72. The van der Waals surface area contributed by atoms with Crippen LogP contribution in [0.25, 0.3) is 0 Å². The molecule has 2 rings (SSSR count). The molecule has 2 heterocycles. The van der Waals surface area contributed by atoms with Crippen molar-refractivity contribution >= 4 is 11.5 Å². The largest absolute Gasteiger partial charge is 0.396 e. The molecule has 1 saturated heterocycles. The van der Waals surface area contributed by atoms with Gasteiger partial charge in [0.25, 0.3) is 0 Å². The summed E-state index contributed by atoms with van der Waals surface area (Å²) in [5, 5.41) is 3.33. The van der Waals surface area contributed by atoms with Gasteiger partial charge in [0.1, 0.15) is 5.82 Å². The van der Waals surface area contributed by atoms with Crippen LogP contribution in [-0.2, 0) is 0 Å². The molecule has 1 aromatic heterocycles. The smallest absolute Gasteiger partial charge is 0.146 e. The average molecular weight is 192 g/mol. The van der Waals surface area contributed by atoms with Crippen molar-refractivity contribution in [2.75, 3.05) is 24.6 Å². The van der Waals surface area contributed by atoms with Gasteiger partial charge in [0, 0.05) is 6.20 Å². The number of hydrogen-bond acceptors (Lipinski definition) is 4. The van der Waals surface area contributed by atoms with Crippen molar-refractivity contribution in [3.8, 4) is 0 Å². The minimum Gasteiger partial charge on any atom is -0.396 e. The van der Waals surface area contributed by atoms with E-state index in [4.69, 9.17) is 11.5 Å². The van der Waals surface area contributed by atoms with Crippen molar-refractivity contribution in [3.05, 3.63) is 17.8 Å². The van der Waals surface area contributed by atoms with Crippen LogP contribution >= 0.6 is 0 Å². The lowest BCUT2D eigenvalue weighted by Crippen LogP contribution is -2.27. The highest BCUT2D eigenvalue weighted by atomic mass is 14.9. The Kier molecular flexibility index (Phi) is 2.54. The third-order valence-corrected chi connectivity index (χ3v) is 2.83. The zero-order chi connectivity index (χ0) is 9.97. The molecule has 0 saturated carbocycles. The summed E-state index contributed by atoms with van der Waals surface area (Å²) in [6.45, 7) is 2.12. The third-order valence-electron chi connectivity index (χ3n) is 2.83. The Bertz CT molecular complexity index is 318. The van der Waals surface area contributed by atoms with Gasteiger partial charge in [-0.2, -0.15) is 0 Å². The van der Waals surface area contributed by atoms with Gasteiger partial charge in [0.2, 0.25) is 0 Å². The molecule has 1 aromatic rings. The van der Waals surface area contributed by atoms with E-state index in [0.29, 0.717) is 17.4 Å². The van der Waals surface area contributed by atoms with E-state index < -0.39 is 0 Å². The lowest BCUT2D eigenvalue weighted by molar-refractivity contribution is 0.461. The molecule has 0 amide bonds. The summed E-state index contributed by atoms with van der Waals surface area (Å²) in [5.74, 6) is 1.00. The lowest BCUT2D eigenvalue weighted by Gasteiger charge is -2.24. The van der Waals surface area contributed by atoms with E-state index in [1.54, 1.807) is 6.20 Å². The molecule has 0 aromatic carbocycles. The Hall–Kier alpha value is -1.29. The molecular weight excluding hydrogens is 176 g/mol. The third kappa shape index (κ3) is 1.65. The minimum absolute atomic E-state index is 0.459. The van der Waals surface area contributed by atoms with Gasteiger partial charge in [-0.25, -0.2) is 4.98 Å². The maximum Gasteiger partial charge on any atom is 0.146 e. The lowest BCUT2D eigenvalue weighted by atomic mass is 9.90. The number of piperidine rings is 1. The Morgan fingerprint density at radius 3 is 2.71 bits per heavy atom. The van der Waals surface area contributed by atoms with Crippen molar-refractivity contribution in [1.82, 2.24) is 10.3 Å². The van der Waals surface area contributed by atoms with Gasteiger partial charge in [0.15, 0.2) is 0 Å². The number of pyridine rings is 1. The number of nitrogen functional groups attached to an aromatic ring is 2. The fourth-order valence-corrected chi connectivity index (χ4v) is 1.99. The van der Waals surface area contributed by atoms with Gasteiger partial charge >= 0.3 is 0 Å². The molecule has 0 aliphatic carbocycles. The van der Waals surface area contributed by atoms with E-state index in [-0.39, 0.29) is 0 Å². The SMILES string of the molecule is Nc1nccc(C2CCNCC2)c1N. The Labute approximate surface area is 83.7 Å². The first-order valence-corrected chi connectivity index (χ1v) is 4.99. The van der Waals surface area contributed by atoms with Gasteiger partial charge in [-0.05, 0) is 43.5 Å². The predicted molar refractivity (Wildman–Crippen MR) is 57.9 cm³/mol. The van der Waals surface area contributed by atoms with Crippen molar-refractivity contribution in [2.45, 2.75) is 18.8 Å². The van der Waals surface area contributed by atoms with Crippen LogP contribution in [0.2, 0.25) is 0 Å². The maximum absolute atomic E-state index is 5.91. The predicted octanol–water partition coefficient (Wildman–Crippen LogP) is 0.713. The van der Waals surface area contributed by atoms with E-state index in [1.807, 2.05) is 6.07 Å². The summed E-state index contributed by atoms with van der Waals surface area (Å²) in [4.78, 5) is 3.97. The molecule has 0 unspecified atom stereocenters. The first kappa shape index (κ1) is 9.27. The van der Waals surface area contributed by atoms with E-state index >= 15 is 0 Å². The number of rotatable bonds is 1. The molecule has 0 bridgehead atoms. The molecule has 0 spiro atoms. The summed E-state index contributed by atoms with van der Waals surface area (Å²) < 4.78 is 0. The minimum atomic E-state index is 0.459. The van der Waals surface area contributed by atoms with Crippen molar-refractivity contribution < 1.29 is 0 Å². The van der Waals surface area contributed by atoms with Crippen molar-refractivity contribution in [3.63, 3.8) is 0 Å². The zero-order valence-corrected chi connectivity index (χ0v) is 8.16. The average Bonchev–Trinajstić information content (AvgIpc) is 2.23. The van der Waals surface area contributed by atoms with Crippen LogP contribution in [0.1, 0.15) is 24.3 Å². The quantitative estimate of drug-likeness (QED) is 0.612. The van der Waals surface area contributed by atoms with Gasteiger partial charge in [-0.15, -0.1) is 0 Å². The Morgan fingerprint density at radius 2 is 2.00 bits per heavy atom. The van der Waals surface area contributed by atoms with E-state index in [1.165, 1.54) is 5.56 Å². The standard InChI is InChI=1S/C10H16N4/c11-9-8(3-6-14-10(9)12)7-1-4-13-5-2-7/h3,6-7,13H,1-2,4-5,11H2,(H2,12,14). The molecule has 1 aliphatic rings.